The van der Waals surface area contributed by atoms with Crippen molar-refractivity contribution >= 4 is 40.2 Å². The first-order valence-electron chi connectivity index (χ1n) is 6.76. The summed E-state index contributed by atoms with van der Waals surface area (Å²) in [6.07, 6.45) is 8.28. The average molecular weight is 339 g/mol. The van der Waals surface area contributed by atoms with Crippen molar-refractivity contribution in [2.45, 2.75) is 25.4 Å². The molecule has 1 unspecified atom stereocenters. The first-order valence-corrected chi connectivity index (χ1v) is 7.99. The summed E-state index contributed by atoms with van der Waals surface area (Å²) < 4.78 is 5.80. The molecule has 0 aromatic carbocycles. The van der Waals surface area contributed by atoms with Crippen LogP contribution in [-0.4, -0.2) is 45.5 Å². The number of thioether (sulfide) groups is 1. The third-order valence-corrected chi connectivity index (χ3v) is 4.94. The number of aliphatic carboxylic acids is 1. The second kappa shape index (κ2) is 6.76. The molecule has 118 valence electrons. The molecule has 0 saturated carbocycles. The first-order chi connectivity index (χ1) is 10.3. The predicted octanol–water partition coefficient (Wildman–Crippen LogP) is 2.50. The van der Waals surface area contributed by atoms with Crippen LogP contribution < -0.4 is 0 Å². The lowest BCUT2D eigenvalue weighted by molar-refractivity contribution is -0.137. The van der Waals surface area contributed by atoms with E-state index in [0.29, 0.717) is 9.23 Å². The molecule has 1 N–H and O–H groups in total. The predicted molar refractivity (Wildman–Crippen MR) is 89.5 cm³/mol. The van der Waals surface area contributed by atoms with Crippen molar-refractivity contribution < 1.29 is 19.4 Å². The van der Waals surface area contributed by atoms with E-state index < -0.39 is 5.97 Å². The lowest BCUT2D eigenvalue weighted by Gasteiger charge is -2.25. The Morgan fingerprint density at radius 1 is 1.64 bits per heavy atom. The molecule has 0 aromatic heterocycles. The van der Waals surface area contributed by atoms with Gasteiger partial charge in [0.15, 0.2) is 0 Å². The zero-order valence-electron chi connectivity index (χ0n) is 12.4. The Hall–Kier alpha value is -1.44. The van der Waals surface area contributed by atoms with Gasteiger partial charge in [-0.25, -0.2) is 0 Å². The minimum absolute atomic E-state index is 0.105. The fourth-order valence-electron chi connectivity index (χ4n) is 2.04. The van der Waals surface area contributed by atoms with Gasteiger partial charge in [-0.15, -0.1) is 0 Å². The van der Waals surface area contributed by atoms with Gasteiger partial charge in [0.05, 0.1) is 16.9 Å². The minimum Gasteiger partial charge on any atom is -0.481 e. The highest BCUT2D eigenvalue weighted by molar-refractivity contribution is 8.26. The Morgan fingerprint density at radius 3 is 2.91 bits per heavy atom. The number of carbonyl (C=O) groups excluding carboxylic acids is 1. The second-order valence-corrected chi connectivity index (χ2v) is 6.91. The molecule has 0 radical (unpaired) electrons. The molecule has 1 fully saturated rings. The van der Waals surface area contributed by atoms with Crippen LogP contribution in [0.5, 0.6) is 0 Å². The topological polar surface area (TPSA) is 66.8 Å². The summed E-state index contributed by atoms with van der Waals surface area (Å²) in [5.41, 5.74) is 0.616. The number of carbonyl (C=O) groups is 2. The Bertz CT molecular complexity index is 609. The summed E-state index contributed by atoms with van der Waals surface area (Å²) in [4.78, 5) is 24.8. The molecule has 0 spiro atoms. The summed E-state index contributed by atoms with van der Waals surface area (Å²) in [5, 5.41) is 8.71. The molecule has 2 rings (SSSR count). The monoisotopic (exact) mass is 339 g/mol. The van der Waals surface area contributed by atoms with Gasteiger partial charge in [0.1, 0.15) is 4.32 Å². The van der Waals surface area contributed by atoms with E-state index in [4.69, 9.17) is 22.1 Å². The molecule has 1 aliphatic heterocycles. The number of carboxylic acid groups (broad SMARTS) is 1. The number of nitrogens with zero attached hydrogens (tertiary/aromatic N) is 1. The molecule has 0 aromatic rings. The van der Waals surface area contributed by atoms with E-state index in [0.717, 1.165) is 12.0 Å². The number of hydrogen-bond acceptors (Lipinski definition) is 5. The third kappa shape index (κ3) is 3.85. The van der Waals surface area contributed by atoms with Crippen LogP contribution in [0.1, 0.15) is 19.8 Å². The van der Waals surface area contributed by atoms with E-state index in [-0.39, 0.29) is 24.5 Å². The van der Waals surface area contributed by atoms with Crippen molar-refractivity contribution in [3.63, 3.8) is 0 Å². The highest BCUT2D eigenvalue weighted by atomic mass is 32.2. The third-order valence-electron chi connectivity index (χ3n) is 3.56. The van der Waals surface area contributed by atoms with Crippen LogP contribution in [0.4, 0.5) is 0 Å². The van der Waals surface area contributed by atoms with Crippen molar-refractivity contribution in [3.05, 3.63) is 34.8 Å². The Kier molecular flexibility index (Phi) is 5.20. The van der Waals surface area contributed by atoms with Crippen LogP contribution in [-0.2, 0) is 14.3 Å². The number of ether oxygens (including phenoxy) is 1. The highest BCUT2D eigenvalue weighted by Crippen LogP contribution is 2.33. The zero-order chi connectivity index (χ0) is 16.3. The van der Waals surface area contributed by atoms with Crippen LogP contribution in [0.15, 0.2) is 34.8 Å². The van der Waals surface area contributed by atoms with Gasteiger partial charge < -0.3 is 9.84 Å². The molecule has 7 heteroatoms. The number of hydrogen-bond donors (Lipinski definition) is 1. The van der Waals surface area contributed by atoms with Crippen molar-refractivity contribution in [1.29, 1.82) is 0 Å². The molecule has 1 atom stereocenters. The van der Waals surface area contributed by atoms with Gasteiger partial charge in [-0.3, -0.25) is 14.5 Å². The fourth-order valence-corrected chi connectivity index (χ4v) is 3.35. The maximum Gasteiger partial charge on any atom is 0.305 e. The van der Waals surface area contributed by atoms with Gasteiger partial charge in [0.2, 0.25) is 0 Å². The number of amides is 1. The van der Waals surface area contributed by atoms with Crippen LogP contribution in [0.2, 0.25) is 0 Å². The molecule has 1 aliphatic carbocycles. The smallest absolute Gasteiger partial charge is 0.305 e. The van der Waals surface area contributed by atoms with Gasteiger partial charge >= 0.3 is 5.97 Å². The minimum atomic E-state index is -0.949. The van der Waals surface area contributed by atoms with Gasteiger partial charge in [-0.1, -0.05) is 42.2 Å². The Morgan fingerprint density at radius 2 is 2.36 bits per heavy atom. The van der Waals surface area contributed by atoms with E-state index in [1.807, 2.05) is 25.2 Å². The second-order valence-electron chi connectivity index (χ2n) is 5.24. The summed E-state index contributed by atoms with van der Waals surface area (Å²) >= 11 is 6.35. The zero-order valence-corrected chi connectivity index (χ0v) is 14.0. The van der Waals surface area contributed by atoms with E-state index in [1.54, 1.807) is 13.2 Å². The quantitative estimate of drug-likeness (QED) is 0.613. The molecule has 2 aliphatic rings. The summed E-state index contributed by atoms with van der Waals surface area (Å²) in [7, 11) is 1.66. The van der Waals surface area contributed by atoms with Crippen molar-refractivity contribution in [2.24, 2.45) is 0 Å². The fraction of sp³-hybridized carbons (Fsp3) is 0.400. The number of carboxylic acids is 1. The van der Waals surface area contributed by atoms with E-state index in [1.165, 1.54) is 16.7 Å². The van der Waals surface area contributed by atoms with Crippen molar-refractivity contribution in [3.8, 4) is 0 Å². The van der Waals surface area contributed by atoms with Crippen LogP contribution >= 0.6 is 24.0 Å². The lowest BCUT2D eigenvalue weighted by Crippen LogP contribution is -2.30. The van der Waals surface area contributed by atoms with Gasteiger partial charge in [-0.05, 0) is 25.0 Å². The number of thiocarbonyl (C=S) groups is 1. The summed E-state index contributed by atoms with van der Waals surface area (Å²) in [6.45, 7) is 2.09. The molecular weight excluding hydrogens is 322 g/mol. The molecule has 5 nitrogen and oxygen atoms in total. The standard InChI is InChI=1S/C15H17NO4S2/c1-15(20-2)6-3-10(4-7-15)9-11-13(19)16(14(21)22-11)8-5-12(17)18/h3-4,6,9H,5,7-8H2,1-2H3,(H,17,18)/b11-9+. The average Bonchev–Trinajstić information content (AvgIpc) is 2.74. The van der Waals surface area contributed by atoms with Gasteiger partial charge in [0, 0.05) is 13.7 Å². The van der Waals surface area contributed by atoms with Gasteiger partial charge in [-0.2, -0.15) is 0 Å². The van der Waals surface area contributed by atoms with Gasteiger partial charge in [0.25, 0.3) is 5.91 Å². The summed E-state index contributed by atoms with van der Waals surface area (Å²) in [5.74, 6) is -1.18. The lowest BCUT2D eigenvalue weighted by atomic mass is 9.93. The Balaban J connectivity index is 2.08. The molecule has 22 heavy (non-hydrogen) atoms. The number of methoxy groups -OCH3 is 1. The van der Waals surface area contributed by atoms with Crippen LogP contribution in [0.3, 0.4) is 0 Å². The normalized spacial score (nSPS) is 26.7. The summed E-state index contributed by atoms with van der Waals surface area (Å²) in [6, 6.07) is 0. The molecule has 1 heterocycles. The largest absolute Gasteiger partial charge is 0.481 e. The van der Waals surface area contributed by atoms with Crippen molar-refractivity contribution in [1.82, 2.24) is 4.90 Å². The van der Waals surface area contributed by atoms with E-state index in [2.05, 4.69) is 0 Å². The van der Waals surface area contributed by atoms with Crippen LogP contribution in [0, 0.1) is 0 Å². The van der Waals surface area contributed by atoms with E-state index in [9.17, 15) is 9.59 Å². The van der Waals surface area contributed by atoms with Crippen molar-refractivity contribution in [2.75, 3.05) is 13.7 Å². The molecule has 1 saturated heterocycles. The first kappa shape index (κ1) is 16.9. The van der Waals surface area contributed by atoms with Crippen LogP contribution in [0.25, 0.3) is 0 Å². The SMILES string of the molecule is COC1(C)C=CC(/C=C2/SC(=S)N(CCC(=O)O)C2=O)=CC1. The molecule has 0 bridgehead atoms. The van der Waals surface area contributed by atoms with E-state index >= 15 is 0 Å². The molecule has 1 amide bonds. The number of allylic oxidation sites excluding steroid dienone is 3. The highest BCUT2D eigenvalue weighted by Gasteiger charge is 2.32. The number of rotatable bonds is 5. The maximum absolute atomic E-state index is 12.3. The maximum atomic E-state index is 12.3. The Labute approximate surface area is 138 Å². The molecular formula is C15H17NO4S2.